The number of halogens is 1. The van der Waals surface area contributed by atoms with E-state index in [1.54, 1.807) is 38.3 Å². The van der Waals surface area contributed by atoms with Gasteiger partial charge in [0.25, 0.3) is 0 Å². The fourth-order valence-electron chi connectivity index (χ4n) is 3.40. The van der Waals surface area contributed by atoms with Crippen molar-refractivity contribution in [3.63, 3.8) is 0 Å². The SMILES string of the molecule is CCS(=O)(=O)N1CCN(Cc2cccc(NC(=O)Nc3ccc(COC)nc3)c2F)CC1. The van der Waals surface area contributed by atoms with Crippen molar-refractivity contribution in [2.45, 2.75) is 20.1 Å². The van der Waals surface area contributed by atoms with Crippen molar-refractivity contribution >= 4 is 27.4 Å². The van der Waals surface area contributed by atoms with Gasteiger partial charge in [-0.25, -0.2) is 17.6 Å². The predicted molar refractivity (Wildman–Crippen MR) is 120 cm³/mol. The Bertz CT molecular complexity index is 1020. The number of piperazine rings is 1. The monoisotopic (exact) mass is 465 g/mol. The van der Waals surface area contributed by atoms with E-state index in [2.05, 4.69) is 15.6 Å². The molecule has 0 saturated carbocycles. The molecule has 9 nitrogen and oxygen atoms in total. The molecule has 1 aliphatic rings. The van der Waals surface area contributed by atoms with Crippen LogP contribution in [0.3, 0.4) is 0 Å². The van der Waals surface area contributed by atoms with Crippen molar-refractivity contribution in [2.24, 2.45) is 0 Å². The molecule has 32 heavy (non-hydrogen) atoms. The van der Waals surface area contributed by atoms with Gasteiger partial charge in [-0.05, 0) is 25.1 Å². The maximum absolute atomic E-state index is 15.0. The molecule has 1 aromatic heterocycles. The number of ether oxygens (including phenoxy) is 1. The number of nitrogens with zero attached hydrogens (tertiary/aromatic N) is 3. The molecule has 2 N–H and O–H groups in total. The van der Waals surface area contributed by atoms with Crippen LogP contribution in [0.4, 0.5) is 20.6 Å². The van der Waals surface area contributed by atoms with Gasteiger partial charge in [0.1, 0.15) is 0 Å². The minimum atomic E-state index is -3.21. The molecule has 11 heteroatoms. The average Bonchev–Trinajstić information content (AvgIpc) is 2.78. The summed E-state index contributed by atoms with van der Waals surface area (Å²) in [7, 11) is -1.64. The van der Waals surface area contributed by atoms with Crippen LogP contribution in [0.1, 0.15) is 18.2 Å². The number of carbonyl (C=O) groups excluding carboxylic acids is 1. The number of nitrogens with one attached hydrogen (secondary N) is 2. The lowest BCUT2D eigenvalue weighted by Gasteiger charge is -2.33. The predicted octanol–water partition coefficient (Wildman–Crippen LogP) is 2.48. The first-order valence-electron chi connectivity index (χ1n) is 10.3. The number of hydrogen-bond acceptors (Lipinski definition) is 6. The Balaban J connectivity index is 1.57. The summed E-state index contributed by atoms with van der Waals surface area (Å²) in [5, 5.41) is 5.15. The Labute approximate surface area is 187 Å². The number of pyridine rings is 1. The number of aromatic nitrogens is 1. The Hall–Kier alpha value is -2.60. The molecule has 1 aliphatic heterocycles. The van der Waals surface area contributed by atoms with E-state index < -0.39 is 21.9 Å². The number of amides is 2. The van der Waals surface area contributed by atoms with Gasteiger partial charge in [-0.15, -0.1) is 0 Å². The van der Waals surface area contributed by atoms with Crippen LogP contribution < -0.4 is 10.6 Å². The first kappa shape index (κ1) is 24.1. The largest absolute Gasteiger partial charge is 0.378 e. The Morgan fingerprint density at radius 1 is 1.16 bits per heavy atom. The van der Waals surface area contributed by atoms with E-state index in [0.29, 0.717) is 50.6 Å². The molecule has 0 aliphatic carbocycles. The quantitative estimate of drug-likeness (QED) is 0.621. The smallest absolute Gasteiger partial charge is 0.323 e. The third-order valence-electron chi connectivity index (χ3n) is 5.19. The summed E-state index contributed by atoms with van der Waals surface area (Å²) in [6.45, 7) is 4.12. The third kappa shape index (κ3) is 6.22. The van der Waals surface area contributed by atoms with Gasteiger partial charge < -0.3 is 15.4 Å². The maximum atomic E-state index is 15.0. The first-order chi connectivity index (χ1) is 15.3. The molecular weight excluding hydrogens is 437 g/mol. The zero-order valence-electron chi connectivity index (χ0n) is 18.2. The summed E-state index contributed by atoms with van der Waals surface area (Å²) in [6, 6.07) is 7.65. The number of sulfonamides is 1. The van der Waals surface area contributed by atoms with Gasteiger partial charge in [0, 0.05) is 45.4 Å². The third-order valence-corrected chi connectivity index (χ3v) is 7.07. The number of hydrogen-bond donors (Lipinski definition) is 2. The number of benzene rings is 1. The van der Waals surface area contributed by atoms with Gasteiger partial charge in [-0.1, -0.05) is 12.1 Å². The molecule has 1 fully saturated rings. The van der Waals surface area contributed by atoms with E-state index in [9.17, 15) is 17.6 Å². The topological polar surface area (TPSA) is 104 Å². The van der Waals surface area contributed by atoms with Crippen LogP contribution in [0.15, 0.2) is 36.5 Å². The highest BCUT2D eigenvalue weighted by Gasteiger charge is 2.26. The Morgan fingerprint density at radius 3 is 2.53 bits per heavy atom. The van der Waals surface area contributed by atoms with Crippen molar-refractivity contribution < 1.29 is 22.3 Å². The van der Waals surface area contributed by atoms with Crippen molar-refractivity contribution in [1.82, 2.24) is 14.2 Å². The van der Waals surface area contributed by atoms with Crippen LogP contribution >= 0.6 is 0 Å². The number of rotatable bonds is 8. The lowest BCUT2D eigenvalue weighted by molar-refractivity contribution is 0.180. The van der Waals surface area contributed by atoms with Gasteiger partial charge >= 0.3 is 6.03 Å². The van der Waals surface area contributed by atoms with E-state index in [1.165, 1.54) is 16.6 Å². The molecule has 1 saturated heterocycles. The van der Waals surface area contributed by atoms with Crippen molar-refractivity contribution in [2.75, 3.05) is 49.7 Å². The molecule has 2 heterocycles. The number of carbonyl (C=O) groups is 1. The highest BCUT2D eigenvalue weighted by atomic mass is 32.2. The molecule has 0 bridgehead atoms. The van der Waals surface area contributed by atoms with Gasteiger partial charge in [-0.3, -0.25) is 9.88 Å². The summed E-state index contributed by atoms with van der Waals surface area (Å²) in [5.74, 6) is -0.440. The van der Waals surface area contributed by atoms with E-state index >= 15 is 0 Å². The zero-order valence-corrected chi connectivity index (χ0v) is 19.0. The van der Waals surface area contributed by atoms with Crippen LogP contribution in [-0.2, 0) is 27.9 Å². The van der Waals surface area contributed by atoms with Crippen LogP contribution in [0, 0.1) is 5.82 Å². The number of urea groups is 1. The van der Waals surface area contributed by atoms with Crippen LogP contribution in [0.25, 0.3) is 0 Å². The van der Waals surface area contributed by atoms with E-state index in [1.807, 2.05) is 4.90 Å². The Morgan fingerprint density at radius 2 is 1.91 bits per heavy atom. The molecular formula is C21H28FN5O4S. The van der Waals surface area contributed by atoms with Gasteiger partial charge in [0.2, 0.25) is 10.0 Å². The molecule has 0 atom stereocenters. The molecule has 174 valence electrons. The summed E-state index contributed by atoms with van der Waals surface area (Å²) < 4.78 is 45.4. The average molecular weight is 466 g/mol. The van der Waals surface area contributed by atoms with Crippen molar-refractivity contribution in [1.29, 1.82) is 0 Å². The van der Waals surface area contributed by atoms with Crippen LogP contribution in [0.5, 0.6) is 0 Å². The molecule has 2 aromatic rings. The lowest BCUT2D eigenvalue weighted by Crippen LogP contribution is -2.48. The number of anilines is 2. The fourth-order valence-corrected chi connectivity index (χ4v) is 4.49. The molecule has 0 spiro atoms. The Kier molecular flexibility index (Phi) is 8.13. The van der Waals surface area contributed by atoms with Crippen LogP contribution in [0.2, 0.25) is 0 Å². The molecule has 1 aromatic carbocycles. The normalized spacial score (nSPS) is 15.5. The summed E-state index contributed by atoms with van der Waals surface area (Å²) in [6.07, 6.45) is 1.50. The fraction of sp³-hybridized carbons (Fsp3) is 0.429. The minimum absolute atomic E-state index is 0.0659. The van der Waals surface area contributed by atoms with Crippen LogP contribution in [-0.4, -0.2) is 67.7 Å². The van der Waals surface area contributed by atoms with E-state index in [-0.39, 0.29) is 11.4 Å². The summed E-state index contributed by atoms with van der Waals surface area (Å²) >= 11 is 0. The zero-order chi connectivity index (χ0) is 23.1. The highest BCUT2D eigenvalue weighted by Crippen LogP contribution is 2.21. The van der Waals surface area contributed by atoms with Crippen molar-refractivity contribution in [3.05, 3.63) is 53.6 Å². The second-order valence-electron chi connectivity index (χ2n) is 7.40. The first-order valence-corrected chi connectivity index (χ1v) is 11.9. The standard InChI is InChI=1S/C21H28FN5O4S/c1-3-32(29,30)27-11-9-26(10-12-27)14-16-5-4-6-19(20(16)22)25-21(28)24-17-7-8-18(15-31-2)23-13-17/h4-8,13H,3,9-12,14-15H2,1-2H3,(H2,24,25,28). The van der Waals surface area contributed by atoms with Gasteiger partial charge in [-0.2, -0.15) is 4.31 Å². The van der Waals surface area contributed by atoms with Crippen molar-refractivity contribution in [3.8, 4) is 0 Å². The maximum Gasteiger partial charge on any atom is 0.323 e. The lowest BCUT2D eigenvalue weighted by atomic mass is 10.1. The molecule has 0 unspecified atom stereocenters. The molecule has 0 radical (unpaired) electrons. The minimum Gasteiger partial charge on any atom is -0.378 e. The highest BCUT2D eigenvalue weighted by molar-refractivity contribution is 7.89. The van der Waals surface area contributed by atoms with Gasteiger partial charge in [0.05, 0.1) is 35.6 Å². The second kappa shape index (κ2) is 10.8. The molecule has 3 rings (SSSR count). The summed E-state index contributed by atoms with van der Waals surface area (Å²) in [5.41, 5.74) is 1.69. The summed E-state index contributed by atoms with van der Waals surface area (Å²) in [4.78, 5) is 18.5. The van der Waals surface area contributed by atoms with E-state index in [4.69, 9.17) is 4.74 Å². The second-order valence-corrected chi connectivity index (χ2v) is 9.66. The number of methoxy groups -OCH3 is 1. The van der Waals surface area contributed by atoms with E-state index in [0.717, 1.165) is 5.69 Å². The van der Waals surface area contributed by atoms with Gasteiger partial charge in [0.15, 0.2) is 5.82 Å². The molecule has 2 amide bonds.